The lowest BCUT2D eigenvalue weighted by atomic mass is 9.73. The Labute approximate surface area is 200 Å². The number of hydrogen-bond acceptors (Lipinski definition) is 3. The van der Waals surface area contributed by atoms with Crippen LogP contribution < -0.4 is 0 Å². The second kappa shape index (κ2) is 8.75. The summed E-state index contributed by atoms with van der Waals surface area (Å²) in [6, 6.07) is 5.22. The molecule has 2 aromatic carbocycles. The van der Waals surface area contributed by atoms with Crippen LogP contribution in [-0.2, 0) is 33.3 Å². The first-order valence-corrected chi connectivity index (χ1v) is 10.8. The molecule has 2 aliphatic heterocycles. The number of rotatable bonds is 5. The van der Waals surface area contributed by atoms with Crippen molar-refractivity contribution in [2.45, 2.75) is 50.4 Å². The van der Waals surface area contributed by atoms with E-state index in [2.05, 4.69) is 0 Å². The first kappa shape index (κ1) is 25.9. The second-order valence-corrected chi connectivity index (χ2v) is 9.23. The number of alkyl halides is 6. The van der Waals surface area contributed by atoms with Crippen molar-refractivity contribution in [3.63, 3.8) is 0 Å². The number of fused-ring (bicyclic) bond motifs is 1. The molecular weight excluding hydrogens is 499 g/mol. The quantitative estimate of drug-likeness (QED) is 0.549. The van der Waals surface area contributed by atoms with Gasteiger partial charge in [-0.3, -0.25) is 9.59 Å². The summed E-state index contributed by atoms with van der Waals surface area (Å²) in [7, 11) is 0. The van der Waals surface area contributed by atoms with E-state index in [0.29, 0.717) is 17.7 Å². The van der Waals surface area contributed by atoms with Crippen molar-refractivity contribution >= 4 is 11.9 Å². The van der Waals surface area contributed by atoms with E-state index >= 15 is 0 Å². The predicted octanol–water partition coefficient (Wildman–Crippen LogP) is 5.24. The largest absolute Gasteiger partial charge is 0.481 e. The van der Waals surface area contributed by atoms with Gasteiger partial charge in [-0.15, -0.1) is 0 Å². The van der Waals surface area contributed by atoms with Crippen LogP contribution in [-0.4, -0.2) is 40.6 Å². The van der Waals surface area contributed by atoms with Gasteiger partial charge in [-0.2, -0.15) is 26.3 Å². The topological polar surface area (TPSA) is 66.8 Å². The second-order valence-electron chi connectivity index (χ2n) is 9.23. The number of amides is 1. The van der Waals surface area contributed by atoms with Gasteiger partial charge in [-0.1, -0.05) is 12.1 Å². The van der Waals surface area contributed by atoms with Crippen molar-refractivity contribution in [2.75, 3.05) is 6.54 Å². The third-order valence-corrected chi connectivity index (χ3v) is 6.80. The maximum atomic E-state index is 13.5. The maximum Gasteiger partial charge on any atom is 0.416 e. The highest BCUT2D eigenvalue weighted by molar-refractivity contribution is 5.90. The van der Waals surface area contributed by atoms with Crippen molar-refractivity contribution in [3.05, 3.63) is 70.5 Å². The van der Waals surface area contributed by atoms with Gasteiger partial charge in [-0.05, 0) is 48.4 Å². The van der Waals surface area contributed by atoms with E-state index in [9.17, 15) is 45.4 Å². The minimum atomic E-state index is -5.03. The molecule has 2 saturated heterocycles. The number of nitrogens with zero attached hydrogens (tertiary/aromatic N) is 1. The summed E-state index contributed by atoms with van der Waals surface area (Å²) in [6.45, 7) is 0.604. The van der Waals surface area contributed by atoms with Gasteiger partial charge in [0.05, 0.1) is 35.3 Å². The molecule has 4 rings (SSSR count). The van der Waals surface area contributed by atoms with Crippen molar-refractivity contribution in [3.8, 4) is 0 Å². The fraction of sp³-hybridized carbons (Fsp3) is 0.417. The van der Waals surface area contributed by atoms with Gasteiger partial charge >= 0.3 is 18.3 Å². The third kappa shape index (κ3) is 4.65. The van der Waals surface area contributed by atoms with E-state index in [0.717, 1.165) is 12.1 Å². The lowest BCUT2D eigenvalue weighted by molar-refractivity contribution is -0.149. The van der Waals surface area contributed by atoms with Gasteiger partial charge in [-0.25, -0.2) is 4.39 Å². The number of ether oxygens (including phenoxy) is 1. The molecule has 2 aliphatic rings. The van der Waals surface area contributed by atoms with Gasteiger partial charge in [0.1, 0.15) is 5.82 Å². The van der Waals surface area contributed by atoms with E-state index in [1.165, 1.54) is 24.0 Å². The molecule has 2 fully saturated rings. The predicted molar refractivity (Wildman–Crippen MR) is 110 cm³/mol. The third-order valence-electron chi connectivity index (χ3n) is 6.80. The van der Waals surface area contributed by atoms with Crippen LogP contribution in [0.3, 0.4) is 0 Å². The minimum absolute atomic E-state index is 0.00739. The molecule has 2 aromatic rings. The first-order valence-electron chi connectivity index (χ1n) is 10.8. The molecule has 1 N–H and O–H groups in total. The average molecular weight is 519 g/mol. The van der Waals surface area contributed by atoms with Crippen molar-refractivity contribution in [1.82, 2.24) is 4.90 Å². The van der Waals surface area contributed by atoms with Crippen LogP contribution in [0.25, 0.3) is 0 Å². The number of carbonyl (C=O) groups excluding carboxylic acids is 1. The van der Waals surface area contributed by atoms with Gasteiger partial charge in [0.25, 0.3) is 0 Å². The molecule has 194 valence electrons. The summed E-state index contributed by atoms with van der Waals surface area (Å²) >= 11 is 0. The number of halogens is 7. The molecule has 0 aliphatic carbocycles. The SMILES string of the molecule is CC1(C(=O)O)CC(=O)N2C[C@H](OCc3cc(C(F)(F)F)cc(C(F)(F)F)c3)[C@@H](c3ccc(F)cc3)[C@@H]21. The molecule has 0 aromatic heterocycles. The smallest absolute Gasteiger partial charge is 0.416 e. The molecule has 0 saturated carbocycles. The van der Waals surface area contributed by atoms with Crippen molar-refractivity contribution in [1.29, 1.82) is 0 Å². The monoisotopic (exact) mass is 519 g/mol. The molecule has 2 heterocycles. The van der Waals surface area contributed by atoms with Crippen molar-refractivity contribution < 1.29 is 50.2 Å². The Balaban J connectivity index is 1.69. The molecule has 4 atom stereocenters. The van der Waals surface area contributed by atoms with E-state index in [4.69, 9.17) is 4.74 Å². The molecule has 0 bridgehead atoms. The van der Waals surface area contributed by atoms with E-state index in [-0.39, 0.29) is 19.0 Å². The normalized spacial score (nSPS) is 26.4. The number of carboxylic acid groups (broad SMARTS) is 1. The summed E-state index contributed by atoms with van der Waals surface area (Å²) in [4.78, 5) is 26.0. The molecule has 1 amide bonds. The number of benzene rings is 2. The zero-order chi connectivity index (χ0) is 26.6. The number of carboxylic acids is 1. The highest BCUT2D eigenvalue weighted by atomic mass is 19.4. The Bertz CT molecular complexity index is 1150. The summed E-state index contributed by atoms with van der Waals surface area (Å²) in [5.41, 5.74) is -4.49. The molecule has 5 nitrogen and oxygen atoms in total. The van der Waals surface area contributed by atoms with Crippen LogP contribution in [0.4, 0.5) is 30.7 Å². The van der Waals surface area contributed by atoms with Crippen LogP contribution in [0.15, 0.2) is 42.5 Å². The Morgan fingerprint density at radius 3 is 2.11 bits per heavy atom. The summed E-state index contributed by atoms with van der Waals surface area (Å²) in [5, 5.41) is 9.86. The molecule has 12 heteroatoms. The standard InChI is InChI=1S/C24H20F7NO4/c1-22(21(34)35)9-18(33)32-10-17(19(20(22)32)13-2-4-16(25)5-3-13)36-11-12-6-14(23(26,27)28)8-15(7-12)24(29,30)31/h2-8,17,19-20H,9-11H2,1H3,(H,34,35)/t17-,19+,20+,22?/m0/s1. The lowest BCUT2D eigenvalue weighted by Gasteiger charge is -2.32. The Morgan fingerprint density at radius 2 is 1.61 bits per heavy atom. The molecule has 0 radical (unpaired) electrons. The highest BCUT2D eigenvalue weighted by Crippen LogP contribution is 2.51. The summed E-state index contributed by atoms with van der Waals surface area (Å²) in [5.74, 6) is -3.10. The van der Waals surface area contributed by atoms with Gasteiger partial charge in [0.15, 0.2) is 0 Å². The van der Waals surface area contributed by atoms with Gasteiger partial charge in [0, 0.05) is 18.9 Å². The Hall–Kier alpha value is -3.15. The molecular formula is C24H20F7NO4. The Morgan fingerprint density at radius 1 is 1.06 bits per heavy atom. The first-order chi connectivity index (χ1) is 16.6. The summed E-state index contributed by atoms with van der Waals surface area (Å²) in [6.07, 6.45) is -11.3. The van der Waals surface area contributed by atoms with E-state index in [1.54, 1.807) is 0 Å². The van der Waals surface area contributed by atoms with Gasteiger partial charge in [0.2, 0.25) is 5.91 Å². The van der Waals surface area contributed by atoms with Crippen molar-refractivity contribution in [2.24, 2.45) is 5.41 Å². The fourth-order valence-electron chi connectivity index (χ4n) is 5.08. The van der Waals surface area contributed by atoms with Gasteiger partial charge < -0.3 is 14.7 Å². The number of hydrogen-bond donors (Lipinski definition) is 1. The Kier molecular flexibility index (Phi) is 6.30. The maximum absolute atomic E-state index is 13.5. The van der Waals surface area contributed by atoms with Crippen LogP contribution in [0, 0.1) is 11.2 Å². The molecule has 1 unspecified atom stereocenters. The van der Waals surface area contributed by atoms with Crippen LogP contribution in [0.2, 0.25) is 0 Å². The molecule has 36 heavy (non-hydrogen) atoms. The number of carbonyl (C=O) groups is 2. The summed E-state index contributed by atoms with van der Waals surface area (Å²) < 4.78 is 98.6. The number of aliphatic carboxylic acids is 1. The van der Waals surface area contributed by atoms with Crippen LogP contribution >= 0.6 is 0 Å². The average Bonchev–Trinajstić information content (AvgIpc) is 3.28. The fourth-order valence-corrected chi connectivity index (χ4v) is 5.08. The zero-order valence-electron chi connectivity index (χ0n) is 18.7. The lowest BCUT2D eigenvalue weighted by Crippen LogP contribution is -2.43. The van der Waals surface area contributed by atoms with Crippen LogP contribution in [0.5, 0.6) is 0 Å². The van der Waals surface area contributed by atoms with Crippen LogP contribution in [0.1, 0.15) is 41.5 Å². The zero-order valence-corrected chi connectivity index (χ0v) is 18.7. The highest BCUT2D eigenvalue weighted by Gasteiger charge is 2.62. The van der Waals surface area contributed by atoms with E-state index < -0.39 is 76.8 Å². The van der Waals surface area contributed by atoms with E-state index in [1.807, 2.05) is 0 Å². The minimum Gasteiger partial charge on any atom is -0.481 e. The molecule has 0 spiro atoms.